The van der Waals surface area contributed by atoms with E-state index in [-0.39, 0.29) is 19.1 Å². The summed E-state index contributed by atoms with van der Waals surface area (Å²) in [6, 6.07) is -0.866. The Hall–Kier alpha value is -2.58. The van der Waals surface area contributed by atoms with Crippen molar-refractivity contribution in [3.63, 3.8) is 0 Å². The van der Waals surface area contributed by atoms with Crippen molar-refractivity contribution in [2.75, 3.05) is 40.9 Å². The van der Waals surface area contributed by atoms with Gasteiger partial charge in [0.1, 0.15) is 13.2 Å². The molecule has 1 amide bonds. The monoisotopic (exact) mass is 746 g/mol. The molecule has 52 heavy (non-hydrogen) atoms. The van der Waals surface area contributed by atoms with Gasteiger partial charge in [-0.05, 0) is 77.0 Å². The molecule has 0 heterocycles. The molecule has 0 bridgehead atoms. The number of allylic oxidation sites excluding steroid dienone is 15. The highest BCUT2D eigenvalue weighted by Crippen LogP contribution is 2.43. The second-order valence-electron chi connectivity index (χ2n) is 13.9. The van der Waals surface area contributed by atoms with E-state index >= 15 is 0 Å². The molecule has 296 valence electrons. The van der Waals surface area contributed by atoms with E-state index in [9.17, 15) is 19.4 Å². The zero-order valence-corrected chi connectivity index (χ0v) is 34.1. The molecule has 3 atom stereocenters. The number of unbranched alkanes of at least 4 members (excludes halogenated alkanes) is 6. The average Bonchev–Trinajstić information content (AvgIpc) is 3.09. The van der Waals surface area contributed by atoms with Crippen LogP contribution in [-0.4, -0.2) is 73.4 Å². The van der Waals surface area contributed by atoms with Crippen molar-refractivity contribution >= 4 is 13.7 Å². The highest BCUT2D eigenvalue weighted by Gasteiger charge is 2.27. The quantitative estimate of drug-likeness (QED) is 0.0267. The van der Waals surface area contributed by atoms with Gasteiger partial charge in [0.15, 0.2) is 0 Å². The first-order valence-electron chi connectivity index (χ1n) is 19.6. The smallest absolute Gasteiger partial charge is 0.387 e. The number of nitrogens with one attached hydrogen (secondary N) is 1. The first-order chi connectivity index (χ1) is 25.0. The summed E-state index contributed by atoms with van der Waals surface area (Å²) < 4.78 is 23.3. The van der Waals surface area contributed by atoms with Gasteiger partial charge in [-0.1, -0.05) is 130 Å². The van der Waals surface area contributed by atoms with Crippen LogP contribution in [0.5, 0.6) is 0 Å². The summed E-state index contributed by atoms with van der Waals surface area (Å²) in [5.74, 6) is -0.223. The highest BCUT2D eigenvalue weighted by atomic mass is 31.2. The van der Waals surface area contributed by atoms with E-state index in [1.807, 2.05) is 27.2 Å². The second-order valence-corrected chi connectivity index (χ2v) is 15.4. The van der Waals surface area contributed by atoms with Gasteiger partial charge in [-0.15, -0.1) is 0 Å². The van der Waals surface area contributed by atoms with Crippen LogP contribution in [-0.2, 0) is 18.4 Å². The number of carbonyl (C=O) groups excluding carboxylic acids is 1. The number of nitrogens with zero attached hydrogens (tertiary/aromatic N) is 1. The molecule has 0 aliphatic rings. The predicted octanol–water partition coefficient (Wildman–Crippen LogP) is 10.4. The van der Waals surface area contributed by atoms with Gasteiger partial charge < -0.3 is 19.8 Å². The lowest BCUT2D eigenvalue weighted by atomic mass is 10.1. The Bertz CT molecular complexity index is 1160. The molecular formula is C43H74N2O6P+. The van der Waals surface area contributed by atoms with Gasteiger partial charge in [0.25, 0.3) is 0 Å². The van der Waals surface area contributed by atoms with Crippen molar-refractivity contribution in [1.29, 1.82) is 0 Å². The van der Waals surface area contributed by atoms with Crippen LogP contribution in [0.15, 0.2) is 97.2 Å². The predicted molar refractivity (Wildman–Crippen MR) is 221 cm³/mol. The van der Waals surface area contributed by atoms with Crippen LogP contribution in [0.2, 0.25) is 0 Å². The summed E-state index contributed by atoms with van der Waals surface area (Å²) in [6.45, 7) is 4.51. The highest BCUT2D eigenvalue weighted by molar-refractivity contribution is 7.47. The molecule has 3 N–H and O–H groups in total. The SMILES string of the molecule is CC/C=C\C/C=C\C/C=C\C/C=C\C/C=C\C/C=C\C/C=C\CCCCCC(=O)NC(COP(=O)(O)OCC[N+](C)(C)C)C(O)/C=C/CCCCC. The first-order valence-corrected chi connectivity index (χ1v) is 21.1. The Balaban J connectivity index is 4.29. The largest absolute Gasteiger partial charge is 0.472 e. The Labute approximate surface area is 318 Å². The lowest BCUT2D eigenvalue weighted by Crippen LogP contribution is -2.45. The van der Waals surface area contributed by atoms with Gasteiger partial charge in [0, 0.05) is 6.42 Å². The molecule has 0 aromatic carbocycles. The van der Waals surface area contributed by atoms with Gasteiger partial charge in [-0.25, -0.2) is 4.57 Å². The van der Waals surface area contributed by atoms with Crippen LogP contribution in [0.3, 0.4) is 0 Å². The molecule has 0 aliphatic carbocycles. The van der Waals surface area contributed by atoms with Crippen molar-refractivity contribution < 1.29 is 32.9 Å². The summed E-state index contributed by atoms with van der Waals surface area (Å²) >= 11 is 0. The fourth-order valence-corrected chi connectivity index (χ4v) is 5.40. The lowest BCUT2D eigenvalue weighted by Gasteiger charge is -2.25. The van der Waals surface area contributed by atoms with E-state index in [1.54, 1.807) is 6.08 Å². The molecule has 0 aromatic rings. The minimum Gasteiger partial charge on any atom is -0.387 e. The molecular weight excluding hydrogens is 671 g/mol. The van der Waals surface area contributed by atoms with Crippen LogP contribution in [0.4, 0.5) is 0 Å². The van der Waals surface area contributed by atoms with E-state index in [2.05, 4.69) is 104 Å². The van der Waals surface area contributed by atoms with Crippen LogP contribution >= 0.6 is 7.82 Å². The third-order valence-corrected chi connectivity index (χ3v) is 8.79. The van der Waals surface area contributed by atoms with E-state index in [4.69, 9.17) is 9.05 Å². The van der Waals surface area contributed by atoms with Crippen molar-refractivity contribution in [2.24, 2.45) is 0 Å². The maximum Gasteiger partial charge on any atom is 0.472 e. The van der Waals surface area contributed by atoms with Gasteiger partial charge in [0.2, 0.25) is 5.91 Å². The number of phosphoric ester groups is 1. The molecule has 0 aliphatic heterocycles. The molecule has 0 aromatic heterocycles. The van der Waals surface area contributed by atoms with Crippen molar-refractivity contribution in [3.8, 4) is 0 Å². The first kappa shape index (κ1) is 49.4. The van der Waals surface area contributed by atoms with Crippen molar-refractivity contribution in [3.05, 3.63) is 97.2 Å². The number of rotatable bonds is 33. The van der Waals surface area contributed by atoms with E-state index in [1.165, 1.54) is 0 Å². The maximum absolute atomic E-state index is 12.7. The third-order valence-electron chi connectivity index (χ3n) is 7.81. The Kier molecular flexibility index (Phi) is 32.5. The van der Waals surface area contributed by atoms with Gasteiger partial charge in [0.05, 0.1) is 39.9 Å². The minimum absolute atomic E-state index is 0.0475. The topological polar surface area (TPSA) is 105 Å². The molecule has 9 heteroatoms. The molecule has 3 unspecified atom stereocenters. The number of quaternary nitrogens is 1. The van der Waals surface area contributed by atoms with Crippen LogP contribution in [0.25, 0.3) is 0 Å². The third kappa shape index (κ3) is 35.8. The summed E-state index contributed by atoms with van der Waals surface area (Å²) in [4.78, 5) is 22.8. The van der Waals surface area contributed by atoms with Crippen molar-refractivity contribution in [1.82, 2.24) is 5.32 Å². The number of aliphatic hydroxyl groups excluding tert-OH is 1. The molecule has 0 radical (unpaired) electrons. The zero-order chi connectivity index (χ0) is 38.6. The molecule has 0 saturated heterocycles. The maximum atomic E-state index is 12.7. The number of carbonyl (C=O) groups is 1. The molecule has 0 rings (SSSR count). The number of hydrogen-bond donors (Lipinski definition) is 3. The van der Waals surface area contributed by atoms with E-state index in [0.29, 0.717) is 17.4 Å². The summed E-state index contributed by atoms with van der Waals surface area (Å²) in [6.07, 6.45) is 48.1. The molecule has 8 nitrogen and oxygen atoms in total. The zero-order valence-electron chi connectivity index (χ0n) is 33.2. The average molecular weight is 746 g/mol. The summed E-state index contributed by atoms with van der Waals surface area (Å²) in [7, 11) is 1.52. The molecule has 0 saturated carbocycles. The fraction of sp³-hybridized carbons (Fsp3) is 0.605. The van der Waals surface area contributed by atoms with E-state index in [0.717, 1.165) is 96.3 Å². The van der Waals surface area contributed by atoms with Crippen LogP contribution < -0.4 is 5.32 Å². The fourth-order valence-electron chi connectivity index (χ4n) is 4.66. The van der Waals surface area contributed by atoms with Crippen LogP contribution in [0.1, 0.15) is 117 Å². The van der Waals surface area contributed by atoms with Gasteiger partial charge in [-0.3, -0.25) is 13.8 Å². The summed E-state index contributed by atoms with van der Waals surface area (Å²) in [5.41, 5.74) is 0. The molecule has 0 fully saturated rings. The standard InChI is InChI=1S/C43H73N2O6P/c1-6-8-10-12-13-14-15-16-17-18-19-20-21-22-23-24-25-26-27-28-29-30-31-33-35-37-43(47)44-41(42(46)36-34-32-11-9-7-2)40-51-52(48,49)50-39-38-45(3,4)5/h8,10,13-14,16-17,19-20,22-23,25-26,28-29,34,36,41-42,46H,6-7,9,11-12,15,18,21,24,27,30-33,35,37-40H2,1-5H3,(H-,44,47,48,49)/p+1/b10-8-,14-13-,17-16-,20-19-,23-22-,26-25-,29-28-,36-34+. The van der Waals surface area contributed by atoms with Gasteiger partial charge >= 0.3 is 7.82 Å². The second kappa shape index (κ2) is 34.2. The van der Waals surface area contributed by atoms with E-state index < -0.39 is 20.0 Å². The van der Waals surface area contributed by atoms with Crippen molar-refractivity contribution in [2.45, 2.75) is 129 Å². The normalized spacial score (nSPS) is 15.6. The Morgan fingerprint density at radius 2 is 1.15 bits per heavy atom. The molecule has 0 spiro atoms. The number of likely N-dealkylation sites (N-methyl/N-ethyl adjacent to an activating group) is 1. The minimum atomic E-state index is -4.33. The number of aliphatic hydroxyl groups is 1. The summed E-state index contributed by atoms with van der Waals surface area (Å²) in [5, 5.41) is 13.5. The van der Waals surface area contributed by atoms with Gasteiger partial charge in [-0.2, -0.15) is 0 Å². The lowest BCUT2D eigenvalue weighted by molar-refractivity contribution is -0.870. The van der Waals surface area contributed by atoms with Crippen LogP contribution in [0, 0.1) is 0 Å². The number of phosphoric acid groups is 1. The number of amides is 1. The Morgan fingerprint density at radius 1 is 0.673 bits per heavy atom. The number of hydrogen-bond acceptors (Lipinski definition) is 5. The Morgan fingerprint density at radius 3 is 1.65 bits per heavy atom.